The van der Waals surface area contributed by atoms with Crippen LogP contribution in [0.4, 0.5) is 0 Å². The molecule has 72 valence electrons. The van der Waals surface area contributed by atoms with E-state index in [1.807, 2.05) is 0 Å². The third-order valence-corrected chi connectivity index (χ3v) is 3.17. The van der Waals surface area contributed by atoms with Gasteiger partial charge in [-0.1, -0.05) is 26.2 Å². The lowest BCUT2D eigenvalue weighted by molar-refractivity contribution is -0.0627. The Morgan fingerprint density at radius 2 is 2.08 bits per heavy atom. The monoisotopic (exact) mass is 171 g/mol. The van der Waals surface area contributed by atoms with Crippen LogP contribution in [0.2, 0.25) is 0 Å². The van der Waals surface area contributed by atoms with Crippen LogP contribution in [0, 0.1) is 0 Å². The summed E-state index contributed by atoms with van der Waals surface area (Å²) in [5.74, 6) is 0. The van der Waals surface area contributed by atoms with Gasteiger partial charge < -0.3 is 4.84 Å². The molecule has 0 amide bonds. The molecule has 0 spiro atoms. The van der Waals surface area contributed by atoms with Gasteiger partial charge in [-0.05, 0) is 20.3 Å². The topological polar surface area (TPSA) is 12.2 Å². The molecular formula is C10H21NO. The van der Waals surface area contributed by atoms with Crippen molar-refractivity contribution in [3.63, 3.8) is 0 Å². The maximum absolute atomic E-state index is 5.25. The predicted octanol–water partition coefficient (Wildman–Crippen LogP) is 2.59. The molecule has 2 heteroatoms. The molecule has 0 aliphatic carbocycles. The fraction of sp³-hybridized carbons (Fsp3) is 1.00. The Labute approximate surface area is 75.8 Å². The fourth-order valence-corrected chi connectivity index (χ4v) is 1.99. The summed E-state index contributed by atoms with van der Waals surface area (Å²) < 4.78 is 0. The van der Waals surface area contributed by atoms with E-state index in [2.05, 4.69) is 25.8 Å². The van der Waals surface area contributed by atoms with Gasteiger partial charge in [-0.25, -0.2) is 0 Å². The van der Waals surface area contributed by atoms with Gasteiger partial charge in [-0.3, -0.25) is 0 Å². The van der Waals surface area contributed by atoms with Crippen LogP contribution in [0.3, 0.4) is 0 Å². The van der Waals surface area contributed by atoms with Crippen LogP contribution in [0.1, 0.15) is 46.5 Å². The smallest absolute Gasteiger partial charge is 0.0614 e. The Bertz CT molecular complexity index is 149. The Kier molecular flexibility index (Phi) is 3.13. The summed E-state index contributed by atoms with van der Waals surface area (Å²) in [6.07, 6.45) is 5.25. The van der Waals surface area contributed by atoms with Crippen LogP contribution in [0.5, 0.6) is 0 Å². The lowest BCUT2D eigenvalue weighted by atomic mass is 10.0. The molecule has 0 N–H and O–H groups in total. The molecule has 0 aromatic rings. The van der Waals surface area contributed by atoms with Crippen molar-refractivity contribution in [3.8, 4) is 0 Å². The van der Waals surface area contributed by atoms with E-state index >= 15 is 0 Å². The molecule has 12 heavy (non-hydrogen) atoms. The number of nitrogens with zero attached hydrogens (tertiary/aromatic N) is 1. The Balaban J connectivity index is 2.23. The lowest BCUT2D eigenvalue weighted by Gasteiger charge is -2.09. The van der Waals surface area contributed by atoms with Crippen LogP contribution >= 0.6 is 0 Å². The molecular weight excluding hydrogens is 150 g/mol. The van der Waals surface area contributed by atoms with E-state index in [9.17, 15) is 0 Å². The fourth-order valence-electron chi connectivity index (χ4n) is 1.99. The first-order valence-electron chi connectivity index (χ1n) is 5.00. The normalized spacial score (nSPS) is 40.0. The molecule has 1 heterocycles. The molecule has 1 saturated heterocycles. The van der Waals surface area contributed by atoms with E-state index in [1.165, 1.54) is 25.7 Å². The van der Waals surface area contributed by atoms with Crippen LogP contribution in [0.15, 0.2) is 0 Å². The molecule has 3 atom stereocenters. The minimum Gasteiger partial charge on any atom is -0.301 e. The van der Waals surface area contributed by atoms with E-state index < -0.39 is 0 Å². The molecule has 0 bridgehead atoms. The van der Waals surface area contributed by atoms with Gasteiger partial charge in [0.2, 0.25) is 0 Å². The number of rotatable bonds is 5. The highest BCUT2D eigenvalue weighted by Gasteiger charge is 2.56. The maximum Gasteiger partial charge on any atom is 0.0614 e. The van der Waals surface area contributed by atoms with Gasteiger partial charge in [0.15, 0.2) is 0 Å². The molecule has 0 radical (unpaired) electrons. The van der Waals surface area contributed by atoms with E-state index in [-0.39, 0.29) is 0 Å². The molecule has 1 aliphatic heterocycles. The third kappa shape index (κ3) is 1.64. The Morgan fingerprint density at radius 1 is 1.42 bits per heavy atom. The summed E-state index contributed by atoms with van der Waals surface area (Å²) in [5, 5.41) is 2.10. The zero-order valence-corrected chi connectivity index (χ0v) is 8.76. The van der Waals surface area contributed by atoms with Crippen molar-refractivity contribution in [2.24, 2.45) is 0 Å². The van der Waals surface area contributed by atoms with Crippen LogP contribution in [-0.2, 0) is 4.84 Å². The van der Waals surface area contributed by atoms with Gasteiger partial charge in [-0.15, -0.1) is 0 Å². The number of hydrogen-bond donors (Lipinski definition) is 0. The highest BCUT2D eigenvalue weighted by Crippen LogP contribution is 2.44. The summed E-state index contributed by atoms with van der Waals surface area (Å²) in [4.78, 5) is 5.25. The van der Waals surface area contributed by atoms with Crippen molar-refractivity contribution in [2.45, 2.75) is 58.0 Å². The van der Waals surface area contributed by atoms with E-state index in [0.717, 1.165) is 0 Å². The minimum atomic E-state index is 0.337. The lowest BCUT2D eigenvalue weighted by Crippen LogP contribution is -2.13. The summed E-state index contributed by atoms with van der Waals surface area (Å²) in [6, 6.07) is 0.611. The van der Waals surface area contributed by atoms with E-state index in [0.29, 0.717) is 11.6 Å². The van der Waals surface area contributed by atoms with Gasteiger partial charge in [0.1, 0.15) is 0 Å². The second-order valence-electron chi connectivity index (χ2n) is 4.00. The molecule has 0 aromatic carbocycles. The summed E-state index contributed by atoms with van der Waals surface area (Å²) >= 11 is 0. The first-order chi connectivity index (χ1) is 5.66. The first-order valence-corrected chi connectivity index (χ1v) is 5.00. The van der Waals surface area contributed by atoms with Gasteiger partial charge in [-0.2, -0.15) is 5.06 Å². The zero-order valence-electron chi connectivity index (χ0n) is 8.76. The number of hydrogen-bond acceptors (Lipinski definition) is 2. The Morgan fingerprint density at radius 3 is 2.50 bits per heavy atom. The predicted molar refractivity (Wildman–Crippen MR) is 50.9 cm³/mol. The molecule has 1 aliphatic rings. The average molecular weight is 171 g/mol. The molecule has 1 fully saturated rings. The third-order valence-electron chi connectivity index (χ3n) is 3.17. The van der Waals surface area contributed by atoms with E-state index in [1.54, 1.807) is 7.11 Å². The van der Waals surface area contributed by atoms with E-state index in [4.69, 9.17) is 4.84 Å². The number of unbranched alkanes of at least 4 members (excludes halogenated alkanes) is 2. The van der Waals surface area contributed by atoms with Crippen molar-refractivity contribution >= 4 is 0 Å². The van der Waals surface area contributed by atoms with Gasteiger partial charge in [0.05, 0.1) is 18.7 Å². The zero-order chi connectivity index (χ0) is 9.19. The van der Waals surface area contributed by atoms with Crippen molar-refractivity contribution in [1.82, 2.24) is 5.06 Å². The van der Waals surface area contributed by atoms with Crippen molar-refractivity contribution in [3.05, 3.63) is 0 Å². The second kappa shape index (κ2) is 3.75. The largest absolute Gasteiger partial charge is 0.301 e. The summed E-state index contributed by atoms with van der Waals surface area (Å²) in [6.45, 7) is 6.76. The van der Waals surface area contributed by atoms with Crippen molar-refractivity contribution in [1.29, 1.82) is 0 Å². The SMILES string of the molecule is CCCCCC1(C)C(C)N1OC. The van der Waals surface area contributed by atoms with Crippen LogP contribution < -0.4 is 0 Å². The minimum absolute atomic E-state index is 0.337. The van der Waals surface area contributed by atoms with Crippen molar-refractivity contribution in [2.75, 3.05) is 7.11 Å². The first kappa shape index (κ1) is 10.0. The number of hydroxylamine groups is 2. The van der Waals surface area contributed by atoms with Gasteiger partial charge in [0, 0.05) is 0 Å². The molecule has 2 nitrogen and oxygen atoms in total. The maximum atomic E-state index is 5.25. The van der Waals surface area contributed by atoms with Gasteiger partial charge >= 0.3 is 0 Å². The highest BCUT2D eigenvalue weighted by molar-refractivity contribution is 5.07. The Hall–Kier alpha value is -0.0800. The molecule has 1 rings (SSSR count). The van der Waals surface area contributed by atoms with Crippen molar-refractivity contribution < 1.29 is 4.84 Å². The van der Waals surface area contributed by atoms with Crippen LogP contribution in [-0.4, -0.2) is 23.8 Å². The van der Waals surface area contributed by atoms with Gasteiger partial charge in [0.25, 0.3) is 0 Å². The average Bonchev–Trinajstić information content (AvgIpc) is 2.55. The standard InChI is InChI=1S/C10H21NO/c1-5-6-7-8-10(3)9(2)11(10)12-4/h9H,5-8H2,1-4H3. The second-order valence-corrected chi connectivity index (χ2v) is 4.00. The van der Waals surface area contributed by atoms with Crippen LogP contribution in [0.25, 0.3) is 0 Å². The highest BCUT2D eigenvalue weighted by atomic mass is 16.7. The summed E-state index contributed by atoms with van der Waals surface area (Å²) in [5.41, 5.74) is 0.337. The molecule has 0 aromatic heterocycles. The quantitative estimate of drug-likeness (QED) is 0.465. The molecule has 0 saturated carbocycles. The molecule has 3 unspecified atom stereocenters. The summed E-state index contributed by atoms with van der Waals surface area (Å²) in [7, 11) is 1.77.